The van der Waals surface area contributed by atoms with Crippen molar-refractivity contribution in [2.75, 3.05) is 6.54 Å². The van der Waals surface area contributed by atoms with E-state index in [4.69, 9.17) is 10.4 Å². The van der Waals surface area contributed by atoms with Crippen LogP contribution in [0.4, 0.5) is 0 Å². The molecule has 0 fully saturated rings. The SMILES string of the molecule is CCc1ccc(CCNC(=O)/C(C#N)=C(/C)O)cc1. The molecule has 100 valence electrons. The summed E-state index contributed by atoms with van der Waals surface area (Å²) in [7, 11) is 0. The summed E-state index contributed by atoms with van der Waals surface area (Å²) in [6, 6.07) is 9.87. The van der Waals surface area contributed by atoms with Crippen LogP contribution in [-0.2, 0) is 17.6 Å². The highest BCUT2D eigenvalue weighted by Crippen LogP contribution is 2.05. The van der Waals surface area contributed by atoms with E-state index < -0.39 is 5.91 Å². The zero-order valence-electron chi connectivity index (χ0n) is 11.2. The molecule has 0 saturated carbocycles. The second-order valence-corrected chi connectivity index (χ2v) is 4.25. The van der Waals surface area contributed by atoms with Gasteiger partial charge in [-0.2, -0.15) is 5.26 Å². The molecule has 0 spiro atoms. The van der Waals surface area contributed by atoms with Crippen LogP contribution in [0.2, 0.25) is 0 Å². The highest BCUT2D eigenvalue weighted by Gasteiger charge is 2.11. The fourth-order valence-electron chi connectivity index (χ4n) is 1.65. The van der Waals surface area contributed by atoms with Gasteiger partial charge < -0.3 is 10.4 Å². The quantitative estimate of drug-likeness (QED) is 0.483. The predicted octanol–water partition coefficient (Wildman–Crippen LogP) is 2.26. The minimum absolute atomic E-state index is 0.235. The number of aryl methyl sites for hydroxylation is 1. The molecule has 0 heterocycles. The van der Waals surface area contributed by atoms with Crippen molar-refractivity contribution in [3.05, 3.63) is 46.7 Å². The molecule has 0 atom stereocenters. The molecule has 1 rings (SSSR count). The van der Waals surface area contributed by atoms with E-state index in [-0.39, 0.29) is 11.3 Å². The Balaban J connectivity index is 2.48. The summed E-state index contributed by atoms with van der Waals surface area (Å²) in [5, 5.41) is 20.5. The number of amides is 1. The number of nitrogens with one attached hydrogen (secondary N) is 1. The number of carbonyl (C=O) groups is 1. The van der Waals surface area contributed by atoms with Crippen LogP contribution in [0.1, 0.15) is 25.0 Å². The second-order valence-electron chi connectivity index (χ2n) is 4.25. The zero-order valence-corrected chi connectivity index (χ0v) is 11.2. The third kappa shape index (κ3) is 4.47. The Bertz CT molecular complexity index is 506. The summed E-state index contributed by atoms with van der Waals surface area (Å²) in [6.45, 7) is 3.85. The third-order valence-corrected chi connectivity index (χ3v) is 2.83. The molecule has 4 heteroatoms. The van der Waals surface area contributed by atoms with Gasteiger partial charge in [0, 0.05) is 6.54 Å². The largest absolute Gasteiger partial charge is 0.511 e. The van der Waals surface area contributed by atoms with E-state index in [0.29, 0.717) is 13.0 Å². The maximum absolute atomic E-state index is 11.6. The lowest BCUT2D eigenvalue weighted by molar-refractivity contribution is -0.117. The van der Waals surface area contributed by atoms with Crippen molar-refractivity contribution in [2.45, 2.75) is 26.7 Å². The van der Waals surface area contributed by atoms with E-state index in [1.165, 1.54) is 12.5 Å². The lowest BCUT2D eigenvalue weighted by atomic mass is 10.1. The molecule has 1 aromatic rings. The lowest BCUT2D eigenvalue weighted by Crippen LogP contribution is -2.27. The molecule has 4 nitrogen and oxygen atoms in total. The van der Waals surface area contributed by atoms with Crippen LogP contribution in [0, 0.1) is 11.3 Å². The molecule has 0 aliphatic rings. The molecule has 0 aliphatic carbocycles. The van der Waals surface area contributed by atoms with Crippen LogP contribution in [0.15, 0.2) is 35.6 Å². The van der Waals surface area contributed by atoms with Gasteiger partial charge in [0.1, 0.15) is 11.8 Å². The Morgan fingerprint density at radius 1 is 1.32 bits per heavy atom. The average Bonchev–Trinajstić information content (AvgIpc) is 2.40. The molecule has 2 N–H and O–H groups in total. The summed E-state index contributed by atoms with van der Waals surface area (Å²) in [4.78, 5) is 11.6. The summed E-state index contributed by atoms with van der Waals surface area (Å²) >= 11 is 0. The molecular weight excluding hydrogens is 240 g/mol. The van der Waals surface area contributed by atoms with E-state index in [1.807, 2.05) is 12.1 Å². The lowest BCUT2D eigenvalue weighted by Gasteiger charge is -2.05. The van der Waals surface area contributed by atoms with Gasteiger partial charge in [-0.1, -0.05) is 31.2 Å². The van der Waals surface area contributed by atoms with Crippen molar-refractivity contribution in [1.29, 1.82) is 5.26 Å². The van der Waals surface area contributed by atoms with E-state index in [0.717, 1.165) is 12.0 Å². The van der Waals surface area contributed by atoms with Crippen molar-refractivity contribution in [2.24, 2.45) is 0 Å². The molecule has 0 aliphatic heterocycles. The van der Waals surface area contributed by atoms with Gasteiger partial charge in [-0.15, -0.1) is 0 Å². The highest BCUT2D eigenvalue weighted by molar-refractivity contribution is 5.97. The number of hydrogen-bond donors (Lipinski definition) is 2. The molecule has 0 bridgehead atoms. The van der Waals surface area contributed by atoms with Crippen molar-refractivity contribution in [1.82, 2.24) is 5.32 Å². The molecule has 0 radical (unpaired) electrons. The van der Waals surface area contributed by atoms with Gasteiger partial charge in [0.05, 0.1) is 0 Å². The predicted molar refractivity (Wildman–Crippen MR) is 73.5 cm³/mol. The number of hydrogen-bond acceptors (Lipinski definition) is 3. The van der Waals surface area contributed by atoms with Crippen LogP contribution in [0.5, 0.6) is 0 Å². The first-order valence-electron chi connectivity index (χ1n) is 6.24. The number of benzene rings is 1. The third-order valence-electron chi connectivity index (χ3n) is 2.83. The van der Waals surface area contributed by atoms with E-state index >= 15 is 0 Å². The maximum atomic E-state index is 11.6. The Morgan fingerprint density at radius 2 is 1.89 bits per heavy atom. The van der Waals surface area contributed by atoms with Gasteiger partial charge in [-0.05, 0) is 30.9 Å². The molecule has 1 aromatic carbocycles. The molecular formula is C15H18N2O2. The summed E-state index contributed by atoms with van der Waals surface area (Å²) < 4.78 is 0. The minimum Gasteiger partial charge on any atom is -0.511 e. The van der Waals surface area contributed by atoms with Gasteiger partial charge in [0.15, 0.2) is 5.57 Å². The molecule has 0 aromatic heterocycles. The van der Waals surface area contributed by atoms with Gasteiger partial charge in [0.25, 0.3) is 5.91 Å². The number of rotatable bonds is 5. The first-order chi connectivity index (χ1) is 9.08. The van der Waals surface area contributed by atoms with Gasteiger partial charge >= 0.3 is 0 Å². The van der Waals surface area contributed by atoms with E-state index in [1.54, 1.807) is 6.07 Å². The summed E-state index contributed by atoms with van der Waals surface area (Å²) in [6.07, 6.45) is 1.70. The number of allylic oxidation sites excluding steroid dienone is 1. The minimum atomic E-state index is -0.535. The zero-order chi connectivity index (χ0) is 14.3. The topological polar surface area (TPSA) is 73.1 Å². The number of nitriles is 1. The van der Waals surface area contributed by atoms with Crippen LogP contribution >= 0.6 is 0 Å². The Kier molecular flexibility index (Phi) is 5.62. The van der Waals surface area contributed by atoms with Crippen molar-refractivity contribution in [3.8, 4) is 6.07 Å². The van der Waals surface area contributed by atoms with Gasteiger partial charge in [-0.3, -0.25) is 4.79 Å². The number of carbonyl (C=O) groups excluding carboxylic acids is 1. The molecule has 19 heavy (non-hydrogen) atoms. The fourth-order valence-corrected chi connectivity index (χ4v) is 1.65. The summed E-state index contributed by atoms with van der Waals surface area (Å²) in [5.41, 5.74) is 2.17. The summed E-state index contributed by atoms with van der Waals surface area (Å²) in [5.74, 6) is -0.792. The van der Waals surface area contributed by atoms with Crippen LogP contribution in [-0.4, -0.2) is 17.6 Å². The smallest absolute Gasteiger partial charge is 0.265 e. The van der Waals surface area contributed by atoms with Crippen molar-refractivity contribution in [3.63, 3.8) is 0 Å². The van der Waals surface area contributed by atoms with Crippen molar-refractivity contribution < 1.29 is 9.90 Å². The maximum Gasteiger partial charge on any atom is 0.265 e. The second kappa shape index (κ2) is 7.22. The monoisotopic (exact) mass is 258 g/mol. The van der Waals surface area contributed by atoms with Crippen molar-refractivity contribution >= 4 is 5.91 Å². The molecule has 1 amide bonds. The Labute approximate surface area is 113 Å². The fraction of sp³-hybridized carbons (Fsp3) is 0.333. The van der Waals surface area contributed by atoms with E-state index in [9.17, 15) is 4.79 Å². The number of aliphatic hydroxyl groups is 1. The molecule has 0 saturated heterocycles. The van der Waals surface area contributed by atoms with Gasteiger partial charge in [-0.25, -0.2) is 0 Å². The Hall–Kier alpha value is -2.28. The Morgan fingerprint density at radius 3 is 2.37 bits per heavy atom. The number of nitrogens with zero attached hydrogens (tertiary/aromatic N) is 1. The average molecular weight is 258 g/mol. The van der Waals surface area contributed by atoms with Crippen LogP contribution in [0.3, 0.4) is 0 Å². The molecule has 0 unspecified atom stereocenters. The first kappa shape index (κ1) is 14.8. The van der Waals surface area contributed by atoms with Gasteiger partial charge in [0.2, 0.25) is 0 Å². The van der Waals surface area contributed by atoms with Crippen LogP contribution in [0.25, 0.3) is 0 Å². The highest BCUT2D eigenvalue weighted by atomic mass is 16.3. The van der Waals surface area contributed by atoms with Crippen LogP contribution < -0.4 is 5.32 Å². The van der Waals surface area contributed by atoms with E-state index in [2.05, 4.69) is 24.4 Å². The number of aliphatic hydroxyl groups excluding tert-OH is 1. The standard InChI is InChI=1S/C15H18N2O2/c1-3-12-4-6-13(7-5-12)8-9-17-15(19)14(10-16)11(2)18/h4-7,18H,3,8-9H2,1-2H3,(H,17,19)/b14-11-. The first-order valence-corrected chi connectivity index (χ1v) is 6.24. The normalized spacial score (nSPS) is 11.4.